The zero-order valence-electron chi connectivity index (χ0n) is 18.8. The maximum absolute atomic E-state index is 13.5. The summed E-state index contributed by atoms with van der Waals surface area (Å²) >= 11 is 0. The van der Waals surface area contributed by atoms with Crippen molar-refractivity contribution in [2.75, 3.05) is 0 Å². The minimum absolute atomic E-state index is 0.0810. The van der Waals surface area contributed by atoms with Gasteiger partial charge in [-0.1, -0.05) is 0 Å². The fourth-order valence-corrected chi connectivity index (χ4v) is 4.81. The first-order valence-electron chi connectivity index (χ1n) is 10.8. The van der Waals surface area contributed by atoms with Crippen molar-refractivity contribution in [2.45, 2.75) is 58.3 Å². The van der Waals surface area contributed by atoms with Crippen molar-refractivity contribution in [2.24, 2.45) is 11.8 Å². The number of nitrogens with zero attached hydrogens (tertiary/aromatic N) is 1. The quantitative estimate of drug-likeness (QED) is 0.640. The van der Waals surface area contributed by atoms with E-state index in [0.717, 1.165) is 0 Å². The number of hydrogen-bond acceptors (Lipinski definition) is 9. The lowest BCUT2D eigenvalue weighted by Crippen LogP contribution is -2.62. The topological polar surface area (TPSA) is 122 Å². The Kier molecular flexibility index (Phi) is 5.82. The molecular formula is C24H25NO8. The summed E-state index contributed by atoms with van der Waals surface area (Å²) in [6, 6.07) is 4.90. The highest BCUT2D eigenvalue weighted by atomic mass is 16.6. The first-order valence-corrected chi connectivity index (χ1v) is 10.8. The number of fused-ring (bicyclic) bond motifs is 2. The summed E-state index contributed by atoms with van der Waals surface area (Å²) in [6.07, 6.45) is 2.45. The lowest BCUT2D eigenvalue weighted by Gasteiger charge is -2.50. The van der Waals surface area contributed by atoms with E-state index >= 15 is 0 Å². The molecule has 3 heterocycles. The van der Waals surface area contributed by atoms with Crippen LogP contribution in [0.3, 0.4) is 0 Å². The Bertz CT molecular complexity index is 1160. The van der Waals surface area contributed by atoms with E-state index in [-0.39, 0.29) is 23.0 Å². The van der Waals surface area contributed by atoms with Crippen LogP contribution in [0.5, 0.6) is 5.75 Å². The van der Waals surface area contributed by atoms with Gasteiger partial charge in [-0.3, -0.25) is 19.4 Å². The van der Waals surface area contributed by atoms with Gasteiger partial charge in [0.15, 0.2) is 11.4 Å². The van der Waals surface area contributed by atoms with E-state index in [4.69, 9.17) is 18.6 Å². The summed E-state index contributed by atoms with van der Waals surface area (Å²) in [6.45, 7) is 6.03. The zero-order chi connectivity index (χ0) is 23.9. The molecule has 1 aliphatic heterocycles. The van der Waals surface area contributed by atoms with Crippen LogP contribution in [0.2, 0.25) is 0 Å². The van der Waals surface area contributed by atoms with Gasteiger partial charge in [0.1, 0.15) is 29.3 Å². The SMILES string of the molecule is CC(=O)OC(C)[C@@H]1C[C@H](OC(C)=O)[C@@]2(C)Oc3cc(-c4cccnc4)oc(=O)c3C(=O)[C@@H]2C1. The molecule has 0 saturated heterocycles. The van der Waals surface area contributed by atoms with Crippen LogP contribution in [0.15, 0.2) is 39.8 Å². The highest BCUT2D eigenvalue weighted by Gasteiger charge is 2.58. The largest absolute Gasteiger partial charge is 0.482 e. The number of aromatic nitrogens is 1. The predicted octanol–water partition coefficient (Wildman–Crippen LogP) is 2.95. The number of carbonyl (C=O) groups is 3. The van der Waals surface area contributed by atoms with E-state index in [0.29, 0.717) is 18.4 Å². The highest BCUT2D eigenvalue weighted by molar-refractivity contribution is 6.02. The van der Waals surface area contributed by atoms with Gasteiger partial charge in [0.05, 0.1) is 5.92 Å². The monoisotopic (exact) mass is 455 g/mol. The molecule has 0 radical (unpaired) electrons. The lowest BCUT2D eigenvalue weighted by molar-refractivity contribution is -0.179. The van der Waals surface area contributed by atoms with Gasteiger partial charge in [-0.2, -0.15) is 0 Å². The average Bonchev–Trinajstić information content (AvgIpc) is 2.74. The fraction of sp³-hybridized carbons (Fsp3) is 0.458. The highest BCUT2D eigenvalue weighted by Crippen LogP contribution is 2.48. The summed E-state index contributed by atoms with van der Waals surface area (Å²) in [5, 5.41) is 0. The molecule has 1 unspecified atom stereocenters. The molecule has 2 aromatic heterocycles. The Morgan fingerprint density at radius 3 is 2.61 bits per heavy atom. The third-order valence-electron chi connectivity index (χ3n) is 6.46. The molecule has 2 aliphatic rings. The number of Topliss-reactive ketones (excluding diaryl/α,β-unsaturated/α-hetero) is 1. The molecule has 0 bridgehead atoms. The average molecular weight is 455 g/mol. The standard InChI is InChI=1S/C24H25NO8/c1-12(30-13(2)26)16-8-17-22(28)21-19(33-24(17,4)20(9-16)31-14(3)27)10-18(32-23(21)29)15-6-5-7-25-11-15/h5-7,10-12,16-17,20H,8-9H2,1-4H3/t12?,16-,17-,20-,24-/m0/s1. The Morgan fingerprint density at radius 1 is 1.21 bits per heavy atom. The maximum Gasteiger partial charge on any atom is 0.351 e. The molecule has 5 atom stereocenters. The molecule has 0 aromatic carbocycles. The maximum atomic E-state index is 13.5. The number of ketones is 1. The van der Waals surface area contributed by atoms with Gasteiger partial charge < -0.3 is 18.6 Å². The van der Waals surface area contributed by atoms with E-state index in [9.17, 15) is 19.2 Å². The van der Waals surface area contributed by atoms with Gasteiger partial charge in [-0.15, -0.1) is 0 Å². The van der Waals surface area contributed by atoms with Gasteiger partial charge in [0.2, 0.25) is 0 Å². The Labute approximate surface area is 190 Å². The van der Waals surface area contributed by atoms with E-state index in [1.54, 1.807) is 32.2 Å². The first kappa shape index (κ1) is 22.7. The molecule has 4 rings (SSSR count). The van der Waals surface area contributed by atoms with Crippen molar-refractivity contribution >= 4 is 17.7 Å². The number of pyridine rings is 1. The normalized spacial score (nSPS) is 26.9. The molecule has 1 saturated carbocycles. The summed E-state index contributed by atoms with van der Waals surface area (Å²) in [4.78, 5) is 53.7. The molecule has 33 heavy (non-hydrogen) atoms. The van der Waals surface area contributed by atoms with Crippen LogP contribution >= 0.6 is 0 Å². The number of ether oxygens (including phenoxy) is 3. The second-order valence-corrected chi connectivity index (χ2v) is 8.73. The molecule has 9 heteroatoms. The number of hydrogen-bond donors (Lipinski definition) is 0. The molecule has 174 valence electrons. The molecule has 9 nitrogen and oxygen atoms in total. The molecule has 0 N–H and O–H groups in total. The number of rotatable bonds is 4. The minimum Gasteiger partial charge on any atom is -0.482 e. The van der Waals surface area contributed by atoms with Gasteiger partial charge in [-0.05, 0) is 38.8 Å². The summed E-state index contributed by atoms with van der Waals surface area (Å²) in [7, 11) is 0. The van der Waals surface area contributed by atoms with Crippen LogP contribution in [-0.2, 0) is 19.1 Å². The van der Waals surface area contributed by atoms with Crippen molar-refractivity contribution in [3.63, 3.8) is 0 Å². The van der Waals surface area contributed by atoms with Crippen LogP contribution in [0.4, 0.5) is 0 Å². The Hall–Kier alpha value is -3.49. The van der Waals surface area contributed by atoms with Crippen LogP contribution < -0.4 is 10.4 Å². The van der Waals surface area contributed by atoms with E-state index in [1.165, 1.54) is 26.1 Å². The van der Waals surface area contributed by atoms with Crippen LogP contribution in [0.25, 0.3) is 11.3 Å². The summed E-state index contributed by atoms with van der Waals surface area (Å²) < 4.78 is 22.6. The molecule has 1 aliphatic carbocycles. The lowest BCUT2D eigenvalue weighted by atomic mass is 9.65. The predicted molar refractivity (Wildman–Crippen MR) is 115 cm³/mol. The number of carbonyl (C=O) groups excluding carboxylic acids is 3. The van der Waals surface area contributed by atoms with Crippen molar-refractivity contribution in [3.05, 3.63) is 46.6 Å². The van der Waals surface area contributed by atoms with Crippen molar-refractivity contribution in [1.29, 1.82) is 0 Å². The molecule has 0 spiro atoms. The molecule has 0 amide bonds. The first-order chi connectivity index (χ1) is 15.6. The fourth-order valence-electron chi connectivity index (χ4n) is 4.81. The van der Waals surface area contributed by atoms with Gasteiger partial charge in [-0.25, -0.2) is 4.79 Å². The van der Waals surface area contributed by atoms with E-state index < -0.39 is 47.1 Å². The third kappa shape index (κ3) is 4.15. The van der Waals surface area contributed by atoms with E-state index in [1.807, 2.05) is 0 Å². The van der Waals surface area contributed by atoms with Crippen LogP contribution in [0, 0.1) is 11.8 Å². The van der Waals surface area contributed by atoms with Gasteiger partial charge in [0, 0.05) is 43.8 Å². The summed E-state index contributed by atoms with van der Waals surface area (Å²) in [5.74, 6) is -2.18. The van der Waals surface area contributed by atoms with Crippen molar-refractivity contribution in [3.8, 4) is 17.1 Å². The second kappa shape index (κ2) is 8.46. The zero-order valence-corrected chi connectivity index (χ0v) is 18.8. The van der Waals surface area contributed by atoms with Gasteiger partial charge in [0.25, 0.3) is 0 Å². The minimum atomic E-state index is -1.21. The second-order valence-electron chi connectivity index (χ2n) is 8.73. The van der Waals surface area contributed by atoms with Crippen LogP contribution in [-0.4, -0.2) is 40.5 Å². The smallest absolute Gasteiger partial charge is 0.351 e. The van der Waals surface area contributed by atoms with Crippen molar-refractivity contribution < 1.29 is 33.0 Å². The molecule has 1 fully saturated rings. The third-order valence-corrected chi connectivity index (χ3v) is 6.46. The van der Waals surface area contributed by atoms with Gasteiger partial charge >= 0.3 is 17.6 Å². The number of esters is 2. The van der Waals surface area contributed by atoms with E-state index in [2.05, 4.69) is 4.98 Å². The summed E-state index contributed by atoms with van der Waals surface area (Å²) in [5.41, 5.74) is -1.64. The Morgan fingerprint density at radius 2 is 1.97 bits per heavy atom. The molecule has 2 aromatic rings. The Balaban J connectivity index is 1.77. The van der Waals surface area contributed by atoms with Crippen molar-refractivity contribution in [1.82, 2.24) is 4.98 Å². The molecular weight excluding hydrogens is 430 g/mol. The van der Waals surface area contributed by atoms with Crippen LogP contribution in [0.1, 0.15) is 50.9 Å².